The van der Waals surface area contributed by atoms with Gasteiger partial charge in [0.2, 0.25) is 5.78 Å². The average Bonchev–Trinajstić information content (AvgIpc) is 3.02. The Balaban J connectivity index is 1.45. The number of allylic oxidation sites excluding steroid dienone is 1. The number of nitrogens with zero attached hydrogens (tertiary/aromatic N) is 1. The number of phenolic OH excluding ortho intramolecular Hbond substituents is 1. The van der Waals surface area contributed by atoms with Crippen LogP contribution in [0.2, 0.25) is 0 Å². The molecular weight excluding hydrogens is 590 g/mol. The third-order valence-electron chi connectivity index (χ3n) is 10.4. The van der Waals surface area contributed by atoms with Gasteiger partial charge in [0.25, 0.3) is 5.91 Å². The molecule has 1 fully saturated rings. The van der Waals surface area contributed by atoms with Crippen LogP contribution in [-0.4, -0.2) is 81.7 Å². The first-order valence-electron chi connectivity index (χ1n) is 15.8. The fourth-order valence-corrected chi connectivity index (χ4v) is 8.15. The van der Waals surface area contributed by atoms with Crippen molar-refractivity contribution in [2.75, 3.05) is 21.2 Å². The normalized spacial score (nSPS) is 26.6. The number of likely N-dealkylation sites (N-methyl/N-ethyl adjacent to an activating group) is 1. The fourth-order valence-electron chi connectivity index (χ4n) is 8.15. The summed E-state index contributed by atoms with van der Waals surface area (Å²) in [6, 6.07) is 8.47. The van der Waals surface area contributed by atoms with Crippen molar-refractivity contribution in [3.05, 3.63) is 69.7 Å². The maximum atomic E-state index is 14.2. The number of carbonyl (C=O) groups excluding carboxylic acids is 3. The third kappa shape index (κ3) is 4.88. The third-order valence-corrected chi connectivity index (χ3v) is 10.4. The number of aromatic hydroxyl groups is 1. The summed E-state index contributed by atoms with van der Waals surface area (Å²) >= 11 is 0. The van der Waals surface area contributed by atoms with E-state index < -0.39 is 58.0 Å². The molecule has 244 valence electrons. The average molecular weight is 632 g/mol. The number of hydrogen-bond acceptors (Lipinski definition) is 10. The molecule has 0 aromatic heterocycles. The van der Waals surface area contributed by atoms with Crippen molar-refractivity contribution in [3.63, 3.8) is 0 Å². The number of hydrogen-bond donors (Lipinski definition) is 6. The van der Waals surface area contributed by atoms with Crippen LogP contribution in [0.25, 0.3) is 11.1 Å². The van der Waals surface area contributed by atoms with E-state index >= 15 is 0 Å². The van der Waals surface area contributed by atoms with E-state index in [1.807, 2.05) is 18.2 Å². The Labute approximate surface area is 267 Å². The second kappa shape index (κ2) is 11.9. The highest BCUT2D eigenvalue weighted by Crippen LogP contribution is 2.53. The molecule has 46 heavy (non-hydrogen) atoms. The standard InChI is InChI=1S/C35H41N3O8/c1-38(2)29-23-15-18-14-22-20(21-13-17(9-12-25(21)46-3)16-37-19-7-5-4-6-8-19)10-11-24(39)27(22)30(40)26(18)32(42)35(23,45)33(43)28(31(29)41)34(36)44/h9-13,18-19,23,29,37,39,41-42,45H,4-8,14-16H2,1-3H3,(H2,36,44)/t18-,23-,29?,35-/m0/s1. The molecule has 2 aromatic rings. The van der Waals surface area contributed by atoms with Gasteiger partial charge < -0.3 is 36.2 Å². The Morgan fingerprint density at radius 3 is 2.43 bits per heavy atom. The summed E-state index contributed by atoms with van der Waals surface area (Å²) in [6.45, 7) is 0.661. The number of methoxy groups -OCH3 is 1. The monoisotopic (exact) mass is 631 g/mol. The number of aliphatic hydroxyl groups excluding tert-OH is 2. The number of carbonyl (C=O) groups is 3. The molecule has 11 heteroatoms. The Morgan fingerprint density at radius 2 is 1.78 bits per heavy atom. The number of amides is 1. The van der Waals surface area contributed by atoms with Gasteiger partial charge in [-0.2, -0.15) is 0 Å². The number of aliphatic hydroxyl groups is 3. The van der Waals surface area contributed by atoms with E-state index in [1.165, 1.54) is 30.2 Å². The minimum absolute atomic E-state index is 0.0172. The van der Waals surface area contributed by atoms with Crippen LogP contribution >= 0.6 is 0 Å². The molecule has 7 N–H and O–H groups in total. The van der Waals surface area contributed by atoms with Crippen LogP contribution in [0.1, 0.15) is 60.0 Å². The molecule has 0 heterocycles. The highest BCUT2D eigenvalue weighted by atomic mass is 16.5. The molecule has 4 aliphatic carbocycles. The second-order valence-electron chi connectivity index (χ2n) is 13.2. The molecular formula is C35H41N3O8. The van der Waals surface area contributed by atoms with Gasteiger partial charge in [-0.15, -0.1) is 0 Å². The first kappa shape index (κ1) is 31.8. The quantitative estimate of drug-likeness (QED) is 0.248. The smallest absolute Gasteiger partial charge is 0.255 e. The molecule has 1 amide bonds. The van der Waals surface area contributed by atoms with Gasteiger partial charge in [0.05, 0.1) is 18.7 Å². The summed E-state index contributed by atoms with van der Waals surface area (Å²) in [5, 5.41) is 49.1. The Bertz CT molecular complexity index is 1690. The number of primary amides is 1. The van der Waals surface area contributed by atoms with E-state index in [0.29, 0.717) is 29.5 Å². The summed E-state index contributed by atoms with van der Waals surface area (Å²) in [5.41, 5.74) is 4.69. The largest absolute Gasteiger partial charge is 0.510 e. The van der Waals surface area contributed by atoms with Gasteiger partial charge in [-0.1, -0.05) is 31.4 Å². The first-order chi connectivity index (χ1) is 21.9. The Morgan fingerprint density at radius 1 is 1.07 bits per heavy atom. The van der Waals surface area contributed by atoms with Gasteiger partial charge in [-0.05, 0) is 80.6 Å². The maximum Gasteiger partial charge on any atom is 0.255 e. The van der Waals surface area contributed by atoms with Crippen molar-refractivity contribution < 1.29 is 39.5 Å². The van der Waals surface area contributed by atoms with Crippen LogP contribution in [0.3, 0.4) is 0 Å². The number of nitrogens with one attached hydrogen (secondary N) is 1. The number of ether oxygens (including phenoxy) is 1. The Hall–Kier alpha value is -4.19. The van der Waals surface area contributed by atoms with Crippen LogP contribution in [-0.2, 0) is 22.6 Å². The molecule has 4 aliphatic rings. The highest BCUT2D eigenvalue weighted by molar-refractivity contribution is 6.25. The predicted octanol–water partition coefficient (Wildman–Crippen LogP) is 3.22. The summed E-state index contributed by atoms with van der Waals surface area (Å²) < 4.78 is 5.73. The zero-order valence-electron chi connectivity index (χ0n) is 26.3. The molecule has 11 nitrogen and oxygen atoms in total. The highest BCUT2D eigenvalue weighted by Gasteiger charge is 2.63. The van der Waals surface area contributed by atoms with Crippen molar-refractivity contribution in [1.82, 2.24) is 10.2 Å². The number of nitrogens with two attached hydrogens (primary N) is 1. The number of rotatable bonds is 7. The van der Waals surface area contributed by atoms with Crippen molar-refractivity contribution in [2.24, 2.45) is 17.6 Å². The number of benzene rings is 2. The lowest BCUT2D eigenvalue weighted by Gasteiger charge is -2.50. The predicted molar refractivity (Wildman–Crippen MR) is 169 cm³/mol. The van der Waals surface area contributed by atoms with Gasteiger partial charge in [-0.3, -0.25) is 19.3 Å². The van der Waals surface area contributed by atoms with Crippen molar-refractivity contribution in [1.29, 1.82) is 0 Å². The van der Waals surface area contributed by atoms with E-state index in [0.717, 1.165) is 24.0 Å². The molecule has 2 aromatic carbocycles. The van der Waals surface area contributed by atoms with Crippen molar-refractivity contribution in [3.8, 4) is 22.6 Å². The van der Waals surface area contributed by atoms with E-state index in [2.05, 4.69) is 5.32 Å². The summed E-state index contributed by atoms with van der Waals surface area (Å²) in [7, 11) is 4.77. The molecule has 0 saturated heterocycles. The van der Waals surface area contributed by atoms with Gasteiger partial charge >= 0.3 is 0 Å². The van der Waals surface area contributed by atoms with Crippen molar-refractivity contribution >= 4 is 17.5 Å². The minimum Gasteiger partial charge on any atom is -0.510 e. The molecule has 1 saturated carbocycles. The lowest BCUT2D eigenvalue weighted by molar-refractivity contribution is -0.148. The second-order valence-corrected chi connectivity index (χ2v) is 13.2. The number of ketones is 2. The molecule has 6 rings (SSSR count). The topological polar surface area (TPSA) is 183 Å². The lowest BCUT2D eigenvalue weighted by Crippen LogP contribution is -2.63. The molecule has 0 bridgehead atoms. The number of phenols is 1. The summed E-state index contributed by atoms with van der Waals surface area (Å²) in [4.78, 5) is 41.5. The van der Waals surface area contributed by atoms with E-state index in [9.17, 15) is 34.8 Å². The Kier molecular flexibility index (Phi) is 8.20. The zero-order chi connectivity index (χ0) is 33.1. The van der Waals surface area contributed by atoms with E-state index in [4.69, 9.17) is 10.5 Å². The van der Waals surface area contributed by atoms with Crippen LogP contribution in [0.4, 0.5) is 0 Å². The summed E-state index contributed by atoms with van der Waals surface area (Å²) in [5.74, 6) is -6.21. The van der Waals surface area contributed by atoms with Crippen LogP contribution in [0.15, 0.2) is 53.0 Å². The molecule has 0 radical (unpaired) electrons. The van der Waals surface area contributed by atoms with Crippen molar-refractivity contribution in [2.45, 2.75) is 69.2 Å². The van der Waals surface area contributed by atoms with Crippen LogP contribution in [0, 0.1) is 11.8 Å². The maximum absolute atomic E-state index is 14.2. The first-order valence-corrected chi connectivity index (χ1v) is 15.8. The number of fused-ring (bicyclic) bond motifs is 3. The van der Waals surface area contributed by atoms with E-state index in [-0.39, 0.29) is 29.7 Å². The van der Waals surface area contributed by atoms with Gasteiger partial charge in [0, 0.05) is 29.6 Å². The van der Waals surface area contributed by atoms with Gasteiger partial charge in [0.15, 0.2) is 11.4 Å². The summed E-state index contributed by atoms with van der Waals surface area (Å²) in [6.07, 6.45) is 6.20. The zero-order valence-corrected chi connectivity index (χ0v) is 26.3. The van der Waals surface area contributed by atoms with Gasteiger partial charge in [-0.25, -0.2) is 0 Å². The minimum atomic E-state index is -2.68. The van der Waals surface area contributed by atoms with Crippen LogP contribution < -0.4 is 15.8 Å². The van der Waals surface area contributed by atoms with E-state index in [1.54, 1.807) is 27.3 Å². The molecule has 0 spiro atoms. The van der Waals surface area contributed by atoms with Crippen LogP contribution in [0.5, 0.6) is 11.5 Å². The molecule has 4 atom stereocenters. The molecule has 0 aliphatic heterocycles. The number of Topliss-reactive ketones (excluding diaryl/α,β-unsaturated/α-hetero) is 2. The van der Waals surface area contributed by atoms with Gasteiger partial charge in [0.1, 0.15) is 28.6 Å². The fraction of sp³-hybridized carbons (Fsp3) is 0.457. The molecule has 1 unspecified atom stereocenters. The lowest BCUT2D eigenvalue weighted by atomic mass is 9.58. The SMILES string of the molecule is COc1ccc(CNC2CCCCC2)cc1-c1ccc(O)c2c1C[C@H]1C[C@H]3C(N(C)C)C(O)=C(C(N)=O)C(=O)[C@@]3(O)C(O)=C1C2=O.